The molecular formula is C19H23BrClFN2O2. The van der Waals surface area contributed by atoms with Gasteiger partial charge in [-0.3, -0.25) is 0 Å². The smallest absolute Gasteiger partial charge is 0.167 e. The number of hydrogen-bond donors (Lipinski definition) is 1. The third-order valence-corrected chi connectivity index (χ3v) is 4.91. The Morgan fingerprint density at radius 2 is 2.00 bits per heavy atom. The Morgan fingerprint density at radius 3 is 2.65 bits per heavy atom. The van der Waals surface area contributed by atoms with Crippen LogP contribution >= 0.6 is 27.5 Å². The van der Waals surface area contributed by atoms with Crippen molar-refractivity contribution in [2.75, 3.05) is 34.3 Å². The molecule has 1 N–H and O–H groups in total. The average Bonchev–Trinajstić information content (AvgIpc) is 2.59. The van der Waals surface area contributed by atoms with Gasteiger partial charge in [0.1, 0.15) is 12.4 Å². The normalized spacial score (nSPS) is 11.0. The molecule has 0 aliphatic carbocycles. The maximum absolute atomic E-state index is 13.2. The number of methoxy groups -OCH3 is 1. The number of nitrogens with zero attached hydrogens (tertiary/aromatic N) is 1. The third-order valence-electron chi connectivity index (χ3n) is 3.81. The molecule has 0 amide bonds. The van der Waals surface area contributed by atoms with Gasteiger partial charge in [-0.1, -0.05) is 33.6 Å². The van der Waals surface area contributed by atoms with Crippen molar-refractivity contribution in [3.8, 4) is 11.5 Å². The Balaban J connectivity index is 2.17. The highest BCUT2D eigenvalue weighted by Gasteiger charge is 2.15. The molecule has 0 radical (unpaired) electrons. The minimum absolute atomic E-state index is 0.219. The number of nitrogens with one attached hydrogen (secondary N) is 1. The molecule has 0 saturated heterocycles. The summed E-state index contributed by atoms with van der Waals surface area (Å²) in [7, 11) is 5.67. The first-order valence-corrected chi connectivity index (χ1v) is 9.37. The van der Waals surface area contributed by atoms with Crippen LogP contribution in [0.2, 0.25) is 5.02 Å². The lowest BCUT2D eigenvalue weighted by molar-refractivity contribution is 0.280. The maximum atomic E-state index is 13.2. The van der Waals surface area contributed by atoms with E-state index < -0.39 is 0 Å². The fourth-order valence-corrected chi connectivity index (χ4v) is 3.04. The highest BCUT2D eigenvalue weighted by molar-refractivity contribution is 9.10. The molecule has 0 fully saturated rings. The van der Waals surface area contributed by atoms with Crippen LogP contribution in [0.3, 0.4) is 0 Å². The molecule has 0 saturated carbocycles. The van der Waals surface area contributed by atoms with E-state index in [0.29, 0.717) is 28.6 Å². The van der Waals surface area contributed by atoms with Crippen molar-refractivity contribution < 1.29 is 13.9 Å². The molecule has 26 heavy (non-hydrogen) atoms. The monoisotopic (exact) mass is 444 g/mol. The Morgan fingerprint density at radius 1 is 1.23 bits per heavy atom. The Labute approximate surface area is 167 Å². The van der Waals surface area contributed by atoms with E-state index in [1.165, 1.54) is 12.1 Å². The molecule has 0 spiro atoms. The summed E-state index contributed by atoms with van der Waals surface area (Å²) in [4.78, 5) is 2.11. The second-order valence-electron chi connectivity index (χ2n) is 6.06. The summed E-state index contributed by atoms with van der Waals surface area (Å²) in [6.45, 7) is 2.62. The molecule has 0 aliphatic rings. The van der Waals surface area contributed by atoms with Crippen LogP contribution in [0.25, 0.3) is 0 Å². The summed E-state index contributed by atoms with van der Waals surface area (Å²) < 4.78 is 25.6. The van der Waals surface area contributed by atoms with E-state index in [-0.39, 0.29) is 12.4 Å². The Kier molecular flexibility index (Phi) is 8.15. The number of rotatable bonds is 9. The fourth-order valence-electron chi connectivity index (χ4n) is 2.37. The van der Waals surface area contributed by atoms with Crippen LogP contribution in [0.1, 0.15) is 11.1 Å². The molecule has 0 aliphatic heterocycles. The second kappa shape index (κ2) is 10.1. The van der Waals surface area contributed by atoms with E-state index in [0.717, 1.165) is 23.1 Å². The number of benzene rings is 2. The van der Waals surface area contributed by atoms with E-state index >= 15 is 0 Å². The molecule has 0 bridgehead atoms. The fraction of sp³-hybridized carbons (Fsp3) is 0.368. The standard InChI is InChI=1S/C19H23BrClFN2O2/c1-24(2)9-8-23-11-15-16(20)6-7-18(25-3)19(15)26-12-13-4-5-14(22)10-17(13)21/h4-7,10,23H,8-9,11-12H2,1-3H3. The van der Waals surface area contributed by atoms with Gasteiger partial charge >= 0.3 is 0 Å². The van der Waals surface area contributed by atoms with Crippen LogP contribution in [-0.2, 0) is 13.2 Å². The number of likely N-dealkylation sites (N-methyl/N-ethyl adjacent to an activating group) is 1. The van der Waals surface area contributed by atoms with Gasteiger partial charge < -0.3 is 19.7 Å². The van der Waals surface area contributed by atoms with Crippen molar-refractivity contribution in [2.45, 2.75) is 13.2 Å². The van der Waals surface area contributed by atoms with Gasteiger partial charge in [0.15, 0.2) is 11.5 Å². The zero-order chi connectivity index (χ0) is 19.1. The Hall–Kier alpha value is -1.34. The maximum Gasteiger partial charge on any atom is 0.167 e. The molecule has 2 rings (SSSR count). The first-order valence-electron chi connectivity index (χ1n) is 8.20. The molecule has 0 heterocycles. The van der Waals surface area contributed by atoms with Gasteiger partial charge in [0.05, 0.1) is 12.1 Å². The number of halogens is 3. The summed E-state index contributed by atoms with van der Waals surface area (Å²) in [6, 6.07) is 8.04. The highest BCUT2D eigenvalue weighted by Crippen LogP contribution is 2.37. The average molecular weight is 446 g/mol. The molecule has 0 unspecified atom stereocenters. The van der Waals surface area contributed by atoms with Crippen LogP contribution < -0.4 is 14.8 Å². The first kappa shape index (κ1) is 21.0. The lowest BCUT2D eigenvalue weighted by Crippen LogP contribution is -2.26. The molecule has 2 aromatic rings. The van der Waals surface area contributed by atoms with Crippen LogP contribution in [0.15, 0.2) is 34.8 Å². The minimum atomic E-state index is -0.371. The Bertz CT molecular complexity index is 744. The highest BCUT2D eigenvalue weighted by atomic mass is 79.9. The van der Waals surface area contributed by atoms with E-state index in [1.807, 2.05) is 26.2 Å². The first-order chi connectivity index (χ1) is 12.4. The summed E-state index contributed by atoms with van der Waals surface area (Å²) in [5, 5.41) is 3.74. The quantitative estimate of drug-likeness (QED) is 0.577. The van der Waals surface area contributed by atoms with E-state index in [1.54, 1.807) is 13.2 Å². The predicted octanol–water partition coefficient (Wildman–Crippen LogP) is 4.48. The topological polar surface area (TPSA) is 33.7 Å². The van der Waals surface area contributed by atoms with Crippen molar-refractivity contribution in [2.24, 2.45) is 0 Å². The van der Waals surface area contributed by atoms with Crippen LogP contribution in [0.5, 0.6) is 11.5 Å². The van der Waals surface area contributed by atoms with Crippen molar-refractivity contribution in [1.29, 1.82) is 0 Å². The van der Waals surface area contributed by atoms with Crippen LogP contribution in [-0.4, -0.2) is 39.2 Å². The number of hydrogen-bond acceptors (Lipinski definition) is 4. The van der Waals surface area contributed by atoms with Crippen LogP contribution in [0, 0.1) is 5.82 Å². The zero-order valence-corrected chi connectivity index (χ0v) is 17.5. The van der Waals surface area contributed by atoms with Crippen molar-refractivity contribution in [3.05, 3.63) is 56.8 Å². The largest absolute Gasteiger partial charge is 0.493 e. The van der Waals surface area contributed by atoms with E-state index in [2.05, 4.69) is 26.1 Å². The van der Waals surface area contributed by atoms with E-state index in [4.69, 9.17) is 21.1 Å². The summed E-state index contributed by atoms with van der Waals surface area (Å²) >= 11 is 9.68. The lowest BCUT2D eigenvalue weighted by Gasteiger charge is -2.18. The third kappa shape index (κ3) is 5.84. The van der Waals surface area contributed by atoms with Gasteiger partial charge in [-0.25, -0.2) is 4.39 Å². The predicted molar refractivity (Wildman–Crippen MR) is 107 cm³/mol. The lowest BCUT2D eigenvalue weighted by atomic mass is 10.1. The van der Waals surface area contributed by atoms with Crippen molar-refractivity contribution in [3.63, 3.8) is 0 Å². The number of ether oxygens (including phenoxy) is 2. The van der Waals surface area contributed by atoms with Gasteiger partial charge in [0.25, 0.3) is 0 Å². The molecule has 0 aromatic heterocycles. The second-order valence-corrected chi connectivity index (χ2v) is 7.32. The molecule has 142 valence electrons. The summed E-state index contributed by atoms with van der Waals surface area (Å²) in [5.41, 5.74) is 1.67. The van der Waals surface area contributed by atoms with Crippen molar-refractivity contribution >= 4 is 27.5 Å². The van der Waals surface area contributed by atoms with Gasteiger partial charge in [0.2, 0.25) is 0 Å². The van der Waals surface area contributed by atoms with Crippen LogP contribution in [0.4, 0.5) is 4.39 Å². The summed E-state index contributed by atoms with van der Waals surface area (Å²) in [6.07, 6.45) is 0. The molecule has 2 aromatic carbocycles. The van der Waals surface area contributed by atoms with Gasteiger partial charge in [-0.2, -0.15) is 0 Å². The van der Waals surface area contributed by atoms with E-state index in [9.17, 15) is 4.39 Å². The molecule has 7 heteroatoms. The van der Waals surface area contributed by atoms with Crippen molar-refractivity contribution in [1.82, 2.24) is 10.2 Å². The zero-order valence-electron chi connectivity index (χ0n) is 15.1. The van der Waals surface area contributed by atoms with Gasteiger partial charge in [0, 0.05) is 35.2 Å². The molecular weight excluding hydrogens is 423 g/mol. The molecule has 0 atom stereocenters. The SMILES string of the molecule is COc1ccc(Br)c(CNCCN(C)C)c1OCc1ccc(F)cc1Cl. The minimum Gasteiger partial charge on any atom is -0.493 e. The van der Waals surface area contributed by atoms with Gasteiger partial charge in [-0.15, -0.1) is 0 Å². The summed E-state index contributed by atoms with van der Waals surface area (Å²) in [5.74, 6) is 0.903. The molecule has 4 nitrogen and oxygen atoms in total. The van der Waals surface area contributed by atoms with Gasteiger partial charge in [-0.05, 0) is 38.4 Å².